The van der Waals surface area contributed by atoms with E-state index in [1.165, 1.54) is 30.5 Å². The van der Waals surface area contributed by atoms with Crippen molar-refractivity contribution in [1.82, 2.24) is 9.97 Å². The third-order valence-corrected chi connectivity index (χ3v) is 4.01. The second-order valence-corrected chi connectivity index (χ2v) is 5.53. The van der Waals surface area contributed by atoms with Crippen molar-refractivity contribution in [3.05, 3.63) is 29.2 Å². The van der Waals surface area contributed by atoms with Gasteiger partial charge in [-0.3, -0.25) is 0 Å². The van der Waals surface area contributed by atoms with Crippen molar-refractivity contribution >= 4 is 5.82 Å². The Morgan fingerprint density at radius 1 is 1.10 bits per heavy atom. The van der Waals surface area contributed by atoms with Gasteiger partial charge in [0.25, 0.3) is 0 Å². The fourth-order valence-corrected chi connectivity index (χ4v) is 2.88. The molecule has 0 fully saturated rings. The van der Waals surface area contributed by atoms with Gasteiger partial charge in [-0.05, 0) is 44.7 Å². The number of aromatic nitrogens is 2. The van der Waals surface area contributed by atoms with Crippen LogP contribution in [0.4, 0.5) is 5.82 Å². The van der Waals surface area contributed by atoms with E-state index in [2.05, 4.69) is 19.2 Å². The van der Waals surface area contributed by atoms with Crippen LogP contribution < -0.4 is 5.32 Å². The lowest BCUT2D eigenvalue weighted by Gasteiger charge is -2.13. The standard InChI is InChI=1S/C17H23N3O/c1-3-12-10-11-15(21-12)17-19-14-9-7-5-6-8-13(14)16(20-17)18-4-2/h10-11H,3-9H2,1-2H3,(H,18,19,20). The first-order valence-electron chi connectivity index (χ1n) is 8.04. The minimum atomic E-state index is 0.714. The number of fused-ring (bicyclic) bond motifs is 1. The molecule has 2 aromatic rings. The molecule has 0 aliphatic heterocycles. The summed E-state index contributed by atoms with van der Waals surface area (Å²) < 4.78 is 5.82. The number of hydrogen-bond donors (Lipinski definition) is 1. The van der Waals surface area contributed by atoms with Crippen LogP contribution in [0.2, 0.25) is 0 Å². The average molecular weight is 285 g/mol. The molecule has 3 rings (SSSR count). The van der Waals surface area contributed by atoms with Gasteiger partial charge in [-0.1, -0.05) is 13.3 Å². The van der Waals surface area contributed by atoms with Crippen LogP contribution in [0.3, 0.4) is 0 Å². The van der Waals surface area contributed by atoms with E-state index in [1.54, 1.807) is 0 Å². The second kappa shape index (κ2) is 6.29. The third-order valence-electron chi connectivity index (χ3n) is 4.01. The summed E-state index contributed by atoms with van der Waals surface area (Å²) in [6.45, 7) is 5.07. The highest BCUT2D eigenvalue weighted by molar-refractivity contribution is 5.56. The van der Waals surface area contributed by atoms with Gasteiger partial charge >= 0.3 is 0 Å². The molecule has 0 radical (unpaired) electrons. The van der Waals surface area contributed by atoms with Crippen molar-refractivity contribution in [2.24, 2.45) is 0 Å². The monoisotopic (exact) mass is 285 g/mol. The van der Waals surface area contributed by atoms with Crippen molar-refractivity contribution in [1.29, 1.82) is 0 Å². The lowest BCUT2D eigenvalue weighted by Crippen LogP contribution is -2.09. The zero-order valence-electron chi connectivity index (χ0n) is 12.9. The molecule has 1 aliphatic carbocycles. The SMILES string of the molecule is CCNc1nc(-c2ccc(CC)o2)nc2c1CCCCC2. The zero-order chi connectivity index (χ0) is 14.7. The Labute approximate surface area is 126 Å². The van der Waals surface area contributed by atoms with Crippen LogP contribution in [0.25, 0.3) is 11.6 Å². The topological polar surface area (TPSA) is 51.0 Å². The number of hydrogen-bond acceptors (Lipinski definition) is 4. The van der Waals surface area contributed by atoms with E-state index in [4.69, 9.17) is 14.4 Å². The number of rotatable bonds is 4. The molecule has 0 aromatic carbocycles. The van der Waals surface area contributed by atoms with E-state index in [-0.39, 0.29) is 0 Å². The highest BCUT2D eigenvalue weighted by Gasteiger charge is 2.18. The molecule has 0 bridgehead atoms. The summed E-state index contributed by atoms with van der Waals surface area (Å²) in [6.07, 6.45) is 6.74. The molecule has 2 heterocycles. The van der Waals surface area contributed by atoms with Crippen LogP contribution in [0, 0.1) is 0 Å². The molecule has 0 saturated carbocycles. The zero-order valence-corrected chi connectivity index (χ0v) is 12.9. The van der Waals surface area contributed by atoms with Gasteiger partial charge in [-0.25, -0.2) is 9.97 Å². The quantitative estimate of drug-likeness (QED) is 0.863. The highest BCUT2D eigenvalue weighted by atomic mass is 16.3. The summed E-state index contributed by atoms with van der Waals surface area (Å²) in [5, 5.41) is 3.40. The molecule has 0 saturated heterocycles. The maximum Gasteiger partial charge on any atom is 0.197 e. The minimum absolute atomic E-state index is 0.714. The molecule has 1 aliphatic rings. The van der Waals surface area contributed by atoms with Crippen LogP contribution in [0.5, 0.6) is 0 Å². The number of anilines is 1. The van der Waals surface area contributed by atoms with E-state index >= 15 is 0 Å². The lowest BCUT2D eigenvalue weighted by molar-refractivity contribution is 0.525. The smallest absolute Gasteiger partial charge is 0.197 e. The fraction of sp³-hybridized carbons (Fsp3) is 0.529. The maximum atomic E-state index is 5.82. The van der Waals surface area contributed by atoms with Crippen LogP contribution in [0.1, 0.15) is 50.1 Å². The average Bonchev–Trinajstić information content (AvgIpc) is 2.85. The van der Waals surface area contributed by atoms with Crippen molar-refractivity contribution in [3.63, 3.8) is 0 Å². The van der Waals surface area contributed by atoms with E-state index < -0.39 is 0 Å². The predicted octanol–water partition coefficient (Wildman–Crippen LogP) is 4.00. The van der Waals surface area contributed by atoms with Gasteiger partial charge in [0.2, 0.25) is 0 Å². The van der Waals surface area contributed by atoms with E-state index in [0.717, 1.165) is 43.1 Å². The summed E-state index contributed by atoms with van der Waals surface area (Å²) in [5.41, 5.74) is 2.50. The molecule has 2 aromatic heterocycles. The van der Waals surface area contributed by atoms with Gasteiger partial charge < -0.3 is 9.73 Å². The minimum Gasteiger partial charge on any atom is -0.458 e. The van der Waals surface area contributed by atoms with Gasteiger partial charge in [-0.15, -0.1) is 0 Å². The van der Waals surface area contributed by atoms with Gasteiger partial charge in [-0.2, -0.15) is 0 Å². The lowest BCUT2D eigenvalue weighted by atomic mass is 10.1. The predicted molar refractivity (Wildman–Crippen MR) is 84.5 cm³/mol. The van der Waals surface area contributed by atoms with Gasteiger partial charge in [0, 0.05) is 24.2 Å². The van der Waals surface area contributed by atoms with E-state index in [0.29, 0.717) is 5.82 Å². The Hall–Kier alpha value is -1.84. The van der Waals surface area contributed by atoms with Crippen molar-refractivity contribution in [2.75, 3.05) is 11.9 Å². The number of nitrogens with one attached hydrogen (secondary N) is 1. The number of furan rings is 1. The number of aryl methyl sites for hydroxylation is 2. The Morgan fingerprint density at radius 3 is 2.71 bits per heavy atom. The Bertz CT molecular complexity index is 618. The summed E-state index contributed by atoms with van der Waals surface area (Å²) >= 11 is 0. The molecular formula is C17H23N3O. The van der Waals surface area contributed by atoms with Crippen LogP contribution in [-0.4, -0.2) is 16.5 Å². The molecule has 0 unspecified atom stereocenters. The first-order chi connectivity index (χ1) is 10.3. The fourth-order valence-electron chi connectivity index (χ4n) is 2.88. The van der Waals surface area contributed by atoms with Gasteiger partial charge in [0.1, 0.15) is 11.6 Å². The largest absolute Gasteiger partial charge is 0.458 e. The Morgan fingerprint density at radius 2 is 1.95 bits per heavy atom. The van der Waals surface area contributed by atoms with Gasteiger partial charge in [0.15, 0.2) is 11.6 Å². The first kappa shape index (κ1) is 14.1. The molecule has 1 N–H and O–H groups in total. The molecule has 4 heteroatoms. The second-order valence-electron chi connectivity index (χ2n) is 5.53. The molecular weight excluding hydrogens is 262 g/mol. The van der Waals surface area contributed by atoms with Crippen molar-refractivity contribution < 1.29 is 4.42 Å². The van der Waals surface area contributed by atoms with Crippen molar-refractivity contribution in [2.45, 2.75) is 52.4 Å². The van der Waals surface area contributed by atoms with Gasteiger partial charge in [0.05, 0.1) is 0 Å². The number of nitrogens with zero attached hydrogens (tertiary/aromatic N) is 2. The summed E-state index contributed by atoms with van der Waals surface area (Å²) in [7, 11) is 0. The summed E-state index contributed by atoms with van der Waals surface area (Å²) in [6, 6.07) is 3.99. The Balaban J connectivity index is 2.04. The van der Waals surface area contributed by atoms with Crippen LogP contribution in [0.15, 0.2) is 16.5 Å². The highest BCUT2D eigenvalue weighted by Crippen LogP contribution is 2.28. The van der Waals surface area contributed by atoms with E-state index in [9.17, 15) is 0 Å². The normalized spacial score (nSPS) is 14.6. The molecule has 112 valence electrons. The summed E-state index contributed by atoms with van der Waals surface area (Å²) in [5.74, 6) is 3.46. The van der Waals surface area contributed by atoms with Crippen molar-refractivity contribution in [3.8, 4) is 11.6 Å². The maximum absolute atomic E-state index is 5.82. The first-order valence-corrected chi connectivity index (χ1v) is 8.04. The van der Waals surface area contributed by atoms with E-state index in [1.807, 2.05) is 12.1 Å². The molecule has 21 heavy (non-hydrogen) atoms. The molecule has 4 nitrogen and oxygen atoms in total. The third kappa shape index (κ3) is 2.94. The Kier molecular flexibility index (Phi) is 4.23. The molecule has 0 spiro atoms. The molecule has 0 atom stereocenters. The summed E-state index contributed by atoms with van der Waals surface area (Å²) in [4.78, 5) is 9.51. The van der Waals surface area contributed by atoms with Crippen LogP contribution in [-0.2, 0) is 19.3 Å². The van der Waals surface area contributed by atoms with Crippen LogP contribution >= 0.6 is 0 Å². The molecule has 0 amide bonds.